The molecule has 0 aliphatic rings. The van der Waals surface area contributed by atoms with E-state index in [1.54, 1.807) is 37.5 Å². The van der Waals surface area contributed by atoms with E-state index in [0.717, 1.165) is 0 Å². The highest BCUT2D eigenvalue weighted by atomic mass is 16.6. The molecular weight excluding hydrogens is 260 g/mol. The number of hydrogen-bond donors (Lipinski definition) is 0. The molecule has 20 heavy (non-hydrogen) atoms. The Bertz CT molecular complexity index is 641. The molecule has 1 aromatic heterocycles. The van der Waals surface area contributed by atoms with E-state index in [2.05, 4.69) is 4.98 Å². The quantitative estimate of drug-likeness (QED) is 0.485. The Hall–Kier alpha value is -2.76. The lowest BCUT2D eigenvalue weighted by Crippen LogP contribution is -2.05. The number of benzene rings is 1. The summed E-state index contributed by atoms with van der Waals surface area (Å²) in [5, 5.41) is 11.0. The first kappa shape index (κ1) is 13.7. The number of pyridine rings is 1. The summed E-state index contributed by atoms with van der Waals surface area (Å²) in [5.41, 5.74) is 1.24. The van der Waals surface area contributed by atoms with Crippen molar-refractivity contribution in [2.24, 2.45) is 0 Å². The summed E-state index contributed by atoms with van der Waals surface area (Å²) >= 11 is 0. The monoisotopic (exact) mass is 272 g/mol. The lowest BCUT2D eigenvalue weighted by atomic mass is 10.0. The first-order valence-electron chi connectivity index (χ1n) is 5.99. The van der Waals surface area contributed by atoms with Gasteiger partial charge in [-0.25, -0.2) is 4.79 Å². The second-order valence-corrected chi connectivity index (χ2v) is 3.99. The van der Waals surface area contributed by atoms with Crippen molar-refractivity contribution in [2.45, 2.75) is 6.92 Å². The Morgan fingerprint density at radius 1 is 1.35 bits per heavy atom. The van der Waals surface area contributed by atoms with Crippen molar-refractivity contribution in [1.29, 1.82) is 0 Å². The molecule has 2 rings (SSSR count). The predicted molar refractivity (Wildman–Crippen MR) is 72.3 cm³/mol. The summed E-state index contributed by atoms with van der Waals surface area (Å²) in [4.78, 5) is 26.1. The van der Waals surface area contributed by atoms with Crippen molar-refractivity contribution >= 4 is 11.7 Å². The minimum Gasteiger partial charge on any atom is -0.462 e. The molecule has 0 fully saturated rings. The first-order chi connectivity index (χ1) is 9.61. The Kier molecular flexibility index (Phi) is 4.05. The van der Waals surface area contributed by atoms with E-state index in [1.807, 2.05) is 0 Å². The molecule has 0 amide bonds. The van der Waals surface area contributed by atoms with Crippen LogP contribution in [0, 0.1) is 10.1 Å². The Balaban J connectivity index is 2.52. The maximum atomic E-state index is 11.7. The van der Waals surface area contributed by atoms with Gasteiger partial charge in [0.15, 0.2) is 0 Å². The van der Waals surface area contributed by atoms with Crippen molar-refractivity contribution < 1.29 is 14.5 Å². The lowest BCUT2D eigenvalue weighted by molar-refractivity contribution is -0.384. The van der Waals surface area contributed by atoms with Gasteiger partial charge < -0.3 is 4.74 Å². The van der Waals surface area contributed by atoms with Crippen LogP contribution in [-0.4, -0.2) is 22.5 Å². The van der Waals surface area contributed by atoms with Gasteiger partial charge in [-0.05, 0) is 24.6 Å². The van der Waals surface area contributed by atoms with Crippen molar-refractivity contribution in [3.63, 3.8) is 0 Å². The molecule has 2 aromatic rings. The largest absolute Gasteiger partial charge is 0.462 e. The Morgan fingerprint density at radius 2 is 2.15 bits per heavy atom. The van der Waals surface area contributed by atoms with E-state index in [4.69, 9.17) is 4.74 Å². The molecule has 0 bridgehead atoms. The van der Waals surface area contributed by atoms with Crippen molar-refractivity contribution in [3.8, 4) is 11.1 Å². The zero-order chi connectivity index (χ0) is 14.5. The summed E-state index contributed by atoms with van der Waals surface area (Å²) in [6.45, 7) is 1.89. The van der Waals surface area contributed by atoms with E-state index in [1.165, 1.54) is 12.1 Å². The fourth-order valence-electron chi connectivity index (χ4n) is 1.75. The van der Waals surface area contributed by atoms with Crippen molar-refractivity contribution in [2.75, 3.05) is 6.61 Å². The molecule has 0 unspecified atom stereocenters. The second kappa shape index (κ2) is 5.92. The van der Waals surface area contributed by atoms with Crippen LogP contribution in [0.25, 0.3) is 11.1 Å². The molecular formula is C14H12N2O4. The van der Waals surface area contributed by atoms with E-state index < -0.39 is 10.9 Å². The predicted octanol–water partition coefficient (Wildman–Crippen LogP) is 2.83. The van der Waals surface area contributed by atoms with Gasteiger partial charge in [0.25, 0.3) is 5.69 Å². The molecule has 0 saturated carbocycles. The number of ether oxygens (including phenoxy) is 1. The van der Waals surface area contributed by atoms with Crippen LogP contribution in [0.2, 0.25) is 0 Å². The van der Waals surface area contributed by atoms with Gasteiger partial charge in [0.05, 0.1) is 17.1 Å². The molecule has 1 aromatic carbocycles. The molecule has 0 saturated heterocycles. The lowest BCUT2D eigenvalue weighted by Gasteiger charge is -2.05. The second-order valence-electron chi connectivity index (χ2n) is 3.99. The zero-order valence-electron chi connectivity index (χ0n) is 10.8. The minimum absolute atomic E-state index is 0.153. The van der Waals surface area contributed by atoms with Crippen LogP contribution in [0.3, 0.4) is 0 Å². The van der Waals surface area contributed by atoms with Gasteiger partial charge in [0, 0.05) is 30.1 Å². The summed E-state index contributed by atoms with van der Waals surface area (Å²) in [6, 6.07) is 7.65. The summed E-state index contributed by atoms with van der Waals surface area (Å²) < 4.78 is 4.88. The van der Waals surface area contributed by atoms with Gasteiger partial charge in [-0.15, -0.1) is 0 Å². The molecule has 0 N–H and O–H groups in total. The van der Waals surface area contributed by atoms with Crippen molar-refractivity contribution in [3.05, 3.63) is 58.4 Å². The van der Waals surface area contributed by atoms with Crippen LogP contribution in [-0.2, 0) is 4.74 Å². The number of carbonyl (C=O) groups excluding carboxylic acids is 1. The highest BCUT2D eigenvalue weighted by Gasteiger charge is 2.16. The molecule has 0 aliphatic carbocycles. The van der Waals surface area contributed by atoms with Gasteiger partial charge in [-0.3, -0.25) is 15.1 Å². The van der Waals surface area contributed by atoms with Crippen LogP contribution in [0.1, 0.15) is 17.3 Å². The summed E-state index contributed by atoms with van der Waals surface area (Å²) in [5.74, 6) is -0.582. The zero-order valence-corrected chi connectivity index (χ0v) is 10.8. The third kappa shape index (κ3) is 2.97. The topological polar surface area (TPSA) is 82.3 Å². The Labute approximate surface area is 115 Å². The highest BCUT2D eigenvalue weighted by Crippen LogP contribution is 2.25. The van der Waals surface area contributed by atoms with Crippen LogP contribution in [0.15, 0.2) is 42.7 Å². The maximum Gasteiger partial charge on any atom is 0.338 e. The summed E-state index contributed by atoms with van der Waals surface area (Å²) in [6.07, 6.45) is 3.18. The van der Waals surface area contributed by atoms with Crippen LogP contribution < -0.4 is 0 Å². The van der Waals surface area contributed by atoms with Gasteiger partial charge in [-0.1, -0.05) is 6.07 Å². The number of non-ortho nitro benzene ring substituents is 1. The normalized spacial score (nSPS) is 10.1. The first-order valence-corrected chi connectivity index (χ1v) is 5.99. The average molecular weight is 272 g/mol. The standard InChI is InChI=1S/C14H12N2O4/c1-2-20-14(17)12-6-11(7-13(8-12)16(18)19)10-4-3-5-15-9-10/h3-9H,2H2,1H3. The van der Waals surface area contributed by atoms with E-state index in [-0.39, 0.29) is 17.9 Å². The fourth-order valence-corrected chi connectivity index (χ4v) is 1.75. The maximum absolute atomic E-state index is 11.7. The number of esters is 1. The number of nitrogens with zero attached hydrogens (tertiary/aromatic N) is 2. The number of carbonyl (C=O) groups is 1. The van der Waals surface area contributed by atoms with Gasteiger partial charge in [0.2, 0.25) is 0 Å². The number of nitro groups is 1. The molecule has 0 radical (unpaired) electrons. The molecule has 6 nitrogen and oxygen atoms in total. The molecule has 6 heteroatoms. The number of hydrogen-bond acceptors (Lipinski definition) is 5. The average Bonchev–Trinajstić information content (AvgIpc) is 2.48. The van der Waals surface area contributed by atoms with E-state index in [9.17, 15) is 14.9 Å². The SMILES string of the molecule is CCOC(=O)c1cc(-c2cccnc2)cc([N+](=O)[O-])c1. The highest BCUT2D eigenvalue weighted by molar-refractivity contribution is 5.92. The van der Waals surface area contributed by atoms with Gasteiger partial charge in [0.1, 0.15) is 0 Å². The van der Waals surface area contributed by atoms with Crippen molar-refractivity contribution in [1.82, 2.24) is 4.98 Å². The third-order valence-corrected chi connectivity index (χ3v) is 2.63. The number of aromatic nitrogens is 1. The molecule has 1 heterocycles. The van der Waals surface area contributed by atoms with Gasteiger partial charge in [-0.2, -0.15) is 0 Å². The number of nitro benzene ring substituents is 1. The summed E-state index contributed by atoms with van der Waals surface area (Å²) in [7, 11) is 0. The number of rotatable bonds is 4. The minimum atomic E-state index is -0.582. The molecule has 0 atom stereocenters. The molecule has 102 valence electrons. The van der Waals surface area contributed by atoms with E-state index in [0.29, 0.717) is 11.1 Å². The molecule has 0 aliphatic heterocycles. The third-order valence-electron chi connectivity index (χ3n) is 2.63. The van der Waals surface area contributed by atoms with Crippen LogP contribution in [0.5, 0.6) is 0 Å². The fraction of sp³-hybridized carbons (Fsp3) is 0.143. The van der Waals surface area contributed by atoms with E-state index >= 15 is 0 Å². The molecule has 0 spiro atoms. The van der Waals surface area contributed by atoms with Crippen LogP contribution >= 0.6 is 0 Å². The van der Waals surface area contributed by atoms with Crippen LogP contribution in [0.4, 0.5) is 5.69 Å². The van der Waals surface area contributed by atoms with Gasteiger partial charge >= 0.3 is 5.97 Å². The smallest absolute Gasteiger partial charge is 0.338 e. The Morgan fingerprint density at radius 3 is 2.75 bits per heavy atom.